The molecule has 1 saturated heterocycles. The summed E-state index contributed by atoms with van der Waals surface area (Å²) in [5, 5.41) is 10.8. The molecular formula is C21H24N4O4S. The van der Waals surface area contributed by atoms with Crippen molar-refractivity contribution < 1.29 is 18.3 Å². The van der Waals surface area contributed by atoms with Gasteiger partial charge in [0.1, 0.15) is 16.3 Å². The van der Waals surface area contributed by atoms with Gasteiger partial charge in [-0.2, -0.15) is 4.31 Å². The lowest BCUT2D eigenvalue weighted by molar-refractivity contribution is 0.0695. The Balaban J connectivity index is 1.49. The van der Waals surface area contributed by atoms with E-state index in [2.05, 4.69) is 9.97 Å². The van der Waals surface area contributed by atoms with Crippen LogP contribution >= 0.6 is 0 Å². The monoisotopic (exact) mass is 428 g/mol. The first-order chi connectivity index (χ1) is 14.3. The Bertz CT molecular complexity index is 1190. The van der Waals surface area contributed by atoms with Crippen molar-refractivity contribution in [2.24, 2.45) is 0 Å². The van der Waals surface area contributed by atoms with Gasteiger partial charge in [0, 0.05) is 44.0 Å². The van der Waals surface area contributed by atoms with Crippen LogP contribution in [0.1, 0.15) is 35.7 Å². The standard InChI is InChI=1S/C21H24N4O4S/c1-14(2)15-5-6-16(18(26)12-15)21(27)24-8-10-25(11-9-24)30(28,29)19-13-23-20-17(19)4-3-7-22-20/h3-7,12-14,26H,8-11H2,1-2H3,(H,22,23). The first-order valence-electron chi connectivity index (χ1n) is 9.83. The van der Waals surface area contributed by atoms with E-state index in [0.717, 1.165) is 5.56 Å². The summed E-state index contributed by atoms with van der Waals surface area (Å²) in [6, 6.07) is 8.50. The van der Waals surface area contributed by atoms with Crippen molar-refractivity contribution in [3.63, 3.8) is 0 Å². The molecule has 0 saturated carbocycles. The number of rotatable bonds is 4. The zero-order valence-electron chi connectivity index (χ0n) is 16.9. The fraction of sp³-hybridized carbons (Fsp3) is 0.333. The zero-order chi connectivity index (χ0) is 21.5. The van der Waals surface area contributed by atoms with Gasteiger partial charge in [-0.1, -0.05) is 19.9 Å². The van der Waals surface area contributed by atoms with Gasteiger partial charge in [-0.15, -0.1) is 0 Å². The highest BCUT2D eigenvalue weighted by Crippen LogP contribution is 2.27. The summed E-state index contributed by atoms with van der Waals surface area (Å²) in [6.45, 7) is 4.91. The number of H-pyrrole nitrogens is 1. The Hall–Kier alpha value is -2.91. The average Bonchev–Trinajstić information content (AvgIpc) is 3.18. The maximum Gasteiger partial charge on any atom is 0.257 e. The summed E-state index contributed by atoms with van der Waals surface area (Å²) in [5.74, 6) is -0.0998. The normalized spacial score (nSPS) is 15.8. The zero-order valence-corrected chi connectivity index (χ0v) is 17.7. The van der Waals surface area contributed by atoms with E-state index in [1.54, 1.807) is 35.4 Å². The fourth-order valence-corrected chi connectivity index (χ4v) is 5.25. The minimum atomic E-state index is -3.71. The Morgan fingerprint density at radius 3 is 2.57 bits per heavy atom. The molecule has 1 fully saturated rings. The van der Waals surface area contributed by atoms with Crippen molar-refractivity contribution >= 4 is 27.0 Å². The number of hydrogen-bond acceptors (Lipinski definition) is 5. The average molecular weight is 429 g/mol. The summed E-state index contributed by atoms with van der Waals surface area (Å²) in [6.07, 6.45) is 3.06. The first kappa shape index (κ1) is 20.4. The lowest BCUT2D eigenvalue weighted by Crippen LogP contribution is -2.50. The van der Waals surface area contributed by atoms with Crippen LogP contribution in [0, 0.1) is 0 Å². The molecule has 0 spiro atoms. The van der Waals surface area contributed by atoms with Gasteiger partial charge < -0.3 is 15.0 Å². The van der Waals surface area contributed by atoms with Gasteiger partial charge in [-0.05, 0) is 35.7 Å². The van der Waals surface area contributed by atoms with Crippen molar-refractivity contribution in [1.82, 2.24) is 19.2 Å². The van der Waals surface area contributed by atoms with E-state index in [-0.39, 0.29) is 54.2 Å². The van der Waals surface area contributed by atoms with E-state index in [1.165, 1.54) is 10.5 Å². The van der Waals surface area contributed by atoms with Gasteiger partial charge in [0.05, 0.1) is 5.56 Å². The highest BCUT2D eigenvalue weighted by molar-refractivity contribution is 7.89. The summed E-state index contributed by atoms with van der Waals surface area (Å²) in [4.78, 5) is 21.6. The molecule has 0 aliphatic carbocycles. The number of pyridine rings is 1. The molecule has 158 valence electrons. The molecule has 30 heavy (non-hydrogen) atoms. The van der Waals surface area contributed by atoms with Crippen molar-refractivity contribution in [2.75, 3.05) is 26.2 Å². The number of aromatic amines is 1. The third kappa shape index (κ3) is 3.54. The Kier molecular flexibility index (Phi) is 5.25. The van der Waals surface area contributed by atoms with Crippen LogP contribution in [0.15, 0.2) is 47.6 Å². The largest absolute Gasteiger partial charge is 0.507 e. The molecule has 3 aromatic rings. The fourth-order valence-electron chi connectivity index (χ4n) is 3.67. The SMILES string of the molecule is CC(C)c1ccc(C(=O)N2CCN(S(=O)(=O)c3c[nH]c4ncccc34)CC2)c(O)c1. The minimum absolute atomic E-state index is 0.0486. The molecule has 2 N–H and O–H groups in total. The third-order valence-electron chi connectivity index (χ3n) is 5.48. The second-order valence-electron chi connectivity index (χ2n) is 7.68. The number of carbonyl (C=O) groups excluding carboxylic acids is 1. The lowest BCUT2D eigenvalue weighted by atomic mass is 10.0. The Labute approximate surface area is 175 Å². The predicted molar refractivity (Wildman–Crippen MR) is 113 cm³/mol. The Morgan fingerprint density at radius 2 is 1.90 bits per heavy atom. The van der Waals surface area contributed by atoms with Gasteiger partial charge in [0.2, 0.25) is 10.0 Å². The predicted octanol–water partition coefficient (Wildman–Crippen LogP) is 2.54. The maximum atomic E-state index is 13.1. The quantitative estimate of drug-likeness (QED) is 0.664. The molecule has 1 aliphatic heterocycles. The third-order valence-corrected chi connectivity index (χ3v) is 7.41. The molecule has 3 heterocycles. The smallest absolute Gasteiger partial charge is 0.257 e. The maximum absolute atomic E-state index is 13.1. The van der Waals surface area contributed by atoms with Gasteiger partial charge in [0.25, 0.3) is 5.91 Å². The van der Waals surface area contributed by atoms with Crippen molar-refractivity contribution in [3.8, 4) is 5.75 Å². The van der Waals surface area contributed by atoms with Crippen LogP contribution in [-0.4, -0.2) is 64.8 Å². The molecule has 1 aromatic carbocycles. The van der Waals surface area contributed by atoms with Crippen molar-refractivity contribution in [1.29, 1.82) is 0 Å². The summed E-state index contributed by atoms with van der Waals surface area (Å²) >= 11 is 0. The molecule has 0 unspecified atom stereocenters. The van der Waals surface area contributed by atoms with Crippen LogP contribution in [0.3, 0.4) is 0 Å². The number of carbonyl (C=O) groups is 1. The number of phenols is 1. The van der Waals surface area contributed by atoms with Crippen LogP contribution in [0.4, 0.5) is 0 Å². The van der Waals surface area contributed by atoms with E-state index >= 15 is 0 Å². The van der Waals surface area contributed by atoms with Gasteiger partial charge in [-0.3, -0.25) is 4.79 Å². The van der Waals surface area contributed by atoms with Crippen LogP contribution in [0.2, 0.25) is 0 Å². The Morgan fingerprint density at radius 1 is 1.17 bits per heavy atom. The molecule has 8 nitrogen and oxygen atoms in total. The number of sulfonamides is 1. The molecule has 9 heteroatoms. The van der Waals surface area contributed by atoms with Crippen molar-refractivity contribution in [3.05, 3.63) is 53.9 Å². The van der Waals surface area contributed by atoms with Gasteiger partial charge in [-0.25, -0.2) is 13.4 Å². The van der Waals surface area contributed by atoms with Gasteiger partial charge >= 0.3 is 0 Å². The van der Waals surface area contributed by atoms with Crippen LogP contribution in [-0.2, 0) is 10.0 Å². The number of nitrogens with one attached hydrogen (secondary N) is 1. The van der Waals surface area contributed by atoms with E-state index in [4.69, 9.17) is 0 Å². The number of amides is 1. The van der Waals surface area contributed by atoms with E-state index in [1.807, 2.05) is 19.9 Å². The molecular weight excluding hydrogens is 404 g/mol. The van der Waals surface area contributed by atoms with Crippen LogP contribution in [0.25, 0.3) is 11.0 Å². The molecule has 1 amide bonds. The van der Waals surface area contributed by atoms with Crippen molar-refractivity contribution in [2.45, 2.75) is 24.7 Å². The molecule has 0 radical (unpaired) electrons. The van der Waals surface area contributed by atoms with E-state index in [0.29, 0.717) is 11.0 Å². The number of nitrogens with zero attached hydrogens (tertiary/aromatic N) is 3. The van der Waals surface area contributed by atoms with E-state index < -0.39 is 10.0 Å². The van der Waals surface area contributed by atoms with Crippen LogP contribution in [0.5, 0.6) is 5.75 Å². The highest BCUT2D eigenvalue weighted by atomic mass is 32.2. The molecule has 2 aromatic heterocycles. The van der Waals surface area contributed by atoms with E-state index in [9.17, 15) is 18.3 Å². The van der Waals surface area contributed by atoms with Gasteiger partial charge in [0.15, 0.2) is 0 Å². The summed E-state index contributed by atoms with van der Waals surface area (Å²) < 4.78 is 27.6. The summed E-state index contributed by atoms with van der Waals surface area (Å²) in [5.41, 5.74) is 1.71. The molecule has 1 aliphatic rings. The molecule has 0 atom stereocenters. The number of aromatic nitrogens is 2. The number of phenolic OH excluding ortho intramolecular Hbond substituents is 1. The summed E-state index contributed by atoms with van der Waals surface area (Å²) in [7, 11) is -3.71. The second-order valence-corrected chi connectivity index (χ2v) is 9.59. The number of aromatic hydroxyl groups is 1. The topological polar surface area (TPSA) is 107 Å². The molecule has 0 bridgehead atoms. The molecule has 4 rings (SSSR count). The number of fused-ring (bicyclic) bond motifs is 1. The number of piperazine rings is 1. The highest BCUT2D eigenvalue weighted by Gasteiger charge is 2.32. The number of benzene rings is 1. The van der Waals surface area contributed by atoms with Crippen LogP contribution < -0.4 is 0 Å². The minimum Gasteiger partial charge on any atom is -0.507 e. The second kappa shape index (κ2) is 7.73. The number of hydrogen-bond donors (Lipinski definition) is 2. The lowest BCUT2D eigenvalue weighted by Gasteiger charge is -2.34. The first-order valence-corrected chi connectivity index (χ1v) is 11.3.